The Hall–Kier alpha value is -2.56. The van der Waals surface area contributed by atoms with Gasteiger partial charge in [-0.15, -0.1) is 34.0 Å². The second-order valence-corrected chi connectivity index (χ2v) is 10.1. The van der Waals surface area contributed by atoms with Crippen LogP contribution in [0, 0.1) is 6.92 Å². The topological polar surface area (TPSA) is 97.4 Å². The molecule has 10 heteroatoms. The van der Waals surface area contributed by atoms with E-state index in [2.05, 4.69) is 34.7 Å². The van der Waals surface area contributed by atoms with Crippen LogP contribution in [0.1, 0.15) is 39.2 Å². The van der Waals surface area contributed by atoms with Crippen molar-refractivity contribution in [2.45, 2.75) is 33.2 Å². The fourth-order valence-electron chi connectivity index (χ4n) is 2.59. The molecule has 0 saturated heterocycles. The van der Waals surface area contributed by atoms with Crippen molar-refractivity contribution in [1.29, 1.82) is 0 Å². The van der Waals surface area contributed by atoms with Crippen LogP contribution in [0.5, 0.6) is 0 Å². The van der Waals surface area contributed by atoms with Crippen molar-refractivity contribution in [2.75, 3.05) is 18.5 Å². The largest absolute Gasteiger partial charge is 0.457 e. The molecule has 164 valence electrons. The lowest BCUT2D eigenvalue weighted by molar-refractivity contribution is -0.142. The normalized spacial score (nSPS) is 10.6. The third-order valence-corrected chi connectivity index (χ3v) is 7.09. The molecule has 0 atom stereocenters. The summed E-state index contributed by atoms with van der Waals surface area (Å²) in [6.45, 7) is 4.21. The van der Waals surface area contributed by atoms with E-state index in [1.807, 2.05) is 5.38 Å². The zero-order valence-electron chi connectivity index (χ0n) is 17.2. The second kappa shape index (κ2) is 11.2. The summed E-state index contributed by atoms with van der Waals surface area (Å²) in [5.74, 6) is -0.777. The predicted octanol–water partition coefficient (Wildman–Crippen LogP) is 4.50. The standard InChI is InChI=1S/C21H23N3O4S3/c1-13-5-7-18(30-13)16-12-29-21(24-16)22-9-3-4-20(27)28-11-17(26)19-8-6-15(31-19)10-23-14(2)25/h5-8,12H,3-4,9-11H2,1-2H3,(H,22,24)(H,23,25). The second-order valence-electron chi connectivity index (χ2n) is 6.74. The van der Waals surface area contributed by atoms with Gasteiger partial charge >= 0.3 is 5.97 Å². The highest BCUT2D eigenvalue weighted by Gasteiger charge is 2.13. The third kappa shape index (κ3) is 7.27. The summed E-state index contributed by atoms with van der Waals surface area (Å²) in [5.41, 5.74) is 0.956. The lowest BCUT2D eigenvalue weighted by Gasteiger charge is -2.04. The van der Waals surface area contributed by atoms with Crippen LogP contribution in [0.25, 0.3) is 10.6 Å². The minimum Gasteiger partial charge on any atom is -0.457 e. The molecule has 3 aromatic rings. The lowest BCUT2D eigenvalue weighted by Crippen LogP contribution is -2.18. The monoisotopic (exact) mass is 477 g/mol. The number of hydrogen-bond donors (Lipinski definition) is 2. The number of carbonyl (C=O) groups excluding carboxylic acids is 3. The summed E-state index contributed by atoms with van der Waals surface area (Å²) in [6.07, 6.45) is 0.806. The van der Waals surface area contributed by atoms with Crippen LogP contribution in [-0.2, 0) is 20.9 Å². The maximum atomic E-state index is 12.2. The van der Waals surface area contributed by atoms with Gasteiger partial charge in [-0.05, 0) is 37.6 Å². The van der Waals surface area contributed by atoms with Crippen molar-refractivity contribution in [3.8, 4) is 10.6 Å². The van der Waals surface area contributed by atoms with Crippen LogP contribution in [0.4, 0.5) is 5.13 Å². The predicted molar refractivity (Wildman–Crippen MR) is 125 cm³/mol. The number of ether oxygens (including phenoxy) is 1. The number of hydrogen-bond acceptors (Lipinski definition) is 9. The Bertz CT molecular complexity index is 1050. The third-order valence-electron chi connectivity index (χ3n) is 4.14. The highest BCUT2D eigenvalue weighted by Crippen LogP contribution is 2.30. The minimum absolute atomic E-state index is 0.127. The number of amides is 1. The number of nitrogens with zero attached hydrogens (tertiary/aromatic N) is 1. The molecule has 0 spiro atoms. The Morgan fingerprint density at radius 2 is 1.97 bits per heavy atom. The molecule has 0 aliphatic carbocycles. The van der Waals surface area contributed by atoms with Crippen molar-refractivity contribution in [1.82, 2.24) is 10.3 Å². The number of carbonyl (C=O) groups is 3. The Balaban J connectivity index is 1.33. The molecule has 0 radical (unpaired) electrons. The Morgan fingerprint density at radius 3 is 2.71 bits per heavy atom. The summed E-state index contributed by atoms with van der Waals surface area (Å²) < 4.78 is 5.09. The first kappa shape index (κ1) is 23.1. The van der Waals surface area contributed by atoms with Crippen LogP contribution in [-0.4, -0.2) is 35.8 Å². The molecule has 0 unspecified atom stereocenters. The summed E-state index contributed by atoms with van der Waals surface area (Å²) in [7, 11) is 0. The number of esters is 1. The number of aryl methyl sites for hydroxylation is 1. The van der Waals surface area contributed by atoms with Gasteiger partial charge in [0, 0.05) is 35.0 Å². The van der Waals surface area contributed by atoms with E-state index in [1.54, 1.807) is 23.5 Å². The summed E-state index contributed by atoms with van der Waals surface area (Å²) in [5, 5.41) is 8.73. The van der Waals surface area contributed by atoms with Gasteiger partial charge in [-0.3, -0.25) is 14.4 Å². The van der Waals surface area contributed by atoms with Crippen LogP contribution in [0.2, 0.25) is 0 Å². The van der Waals surface area contributed by atoms with E-state index in [0.717, 1.165) is 20.6 Å². The van der Waals surface area contributed by atoms with Crippen molar-refractivity contribution >= 4 is 56.8 Å². The van der Waals surface area contributed by atoms with Crippen molar-refractivity contribution < 1.29 is 19.1 Å². The molecular formula is C21H23N3O4S3. The lowest BCUT2D eigenvalue weighted by atomic mass is 10.3. The molecule has 0 aromatic carbocycles. The molecule has 0 aliphatic heterocycles. The van der Waals surface area contributed by atoms with E-state index in [0.29, 0.717) is 24.4 Å². The highest BCUT2D eigenvalue weighted by molar-refractivity contribution is 7.17. The van der Waals surface area contributed by atoms with Crippen LogP contribution in [0.3, 0.4) is 0 Å². The van der Waals surface area contributed by atoms with Crippen molar-refractivity contribution in [3.05, 3.63) is 44.3 Å². The summed E-state index contributed by atoms with van der Waals surface area (Å²) in [4.78, 5) is 43.4. The molecule has 0 aliphatic rings. The van der Waals surface area contributed by atoms with Crippen molar-refractivity contribution in [3.63, 3.8) is 0 Å². The number of anilines is 1. The van der Waals surface area contributed by atoms with Gasteiger partial charge in [0.15, 0.2) is 11.7 Å². The minimum atomic E-state index is -0.404. The molecule has 31 heavy (non-hydrogen) atoms. The van der Waals surface area contributed by atoms with Crippen LogP contribution < -0.4 is 10.6 Å². The molecule has 0 bridgehead atoms. The van der Waals surface area contributed by atoms with E-state index in [4.69, 9.17) is 4.74 Å². The summed E-state index contributed by atoms with van der Waals surface area (Å²) >= 11 is 4.53. The van der Waals surface area contributed by atoms with Gasteiger partial charge in [0.1, 0.15) is 0 Å². The number of rotatable bonds is 11. The molecule has 2 N–H and O–H groups in total. The first-order valence-corrected chi connectivity index (χ1v) is 12.2. The Kier molecular flexibility index (Phi) is 8.33. The Labute approximate surface area is 192 Å². The van der Waals surface area contributed by atoms with Crippen molar-refractivity contribution in [2.24, 2.45) is 0 Å². The van der Waals surface area contributed by atoms with Crippen LogP contribution >= 0.6 is 34.0 Å². The van der Waals surface area contributed by atoms with Gasteiger partial charge in [-0.25, -0.2) is 4.98 Å². The quantitative estimate of drug-likeness (QED) is 0.240. The van der Waals surface area contributed by atoms with Gasteiger partial charge < -0.3 is 15.4 Å². The number of thiazole rings is 1. The molecule has 3 aromatic heterocycles. The molecule has 0 saturated carbocycles. The average Bonchev–Trinajstić information content (AvgIpc) is 3.48. The van der Waals surface area contributed by atoms with Gasteiger partial charge in [-0.1, -0.05) is 0 Å². The first-order chi connectivity index (χ1) is 14.9. The molecule has 1 amide bonds. The first-order valence-electron chi connectivity index (χ1n) is 9.69. The smallest absolute Gasteiger partial charge is 0.306 e. The molecular weight excluding hydrogens is 454 g/mol. The zero-order chi connectivity index (χ0) is 22.2. The number of thiophene rings is 2. The summed E-state index contributed by atoms with van der Waals surface area (Å²) in [6, 6.07) is 7.61. The maximum absolute atomic E-state index is 12.2. The van der Waals surface area contributed by atoms with E-state index < -0.39 is 5.97 Å². The molecule has 0 fully saturated rings. The van der Waals surface area contributed by atoms with Gasteiger partial charge in [0.2, 0.25) is 11.7 Å². The van der Waals surface area contributed by atoms with E-state index in [-0.39, 0.29) is 24.7 Å². The number of ketones is 1. The maximum Gasteiger partial charge on any atom is 0.306 e. The molecule has 7 nitrogen and oxygen atoms in total. The Morgan fingerprint density at radius 1 is 1.13 bits per heavy atom. The van der Waals surface area contributed by atoms with Crippen LogP contribution in [0.15, 0.2) is 29.6 Å². The van der Waals surface area contributed by atoms with E-state index >= 15 is 0 Å². The van der Waals surface area contributed by atoms with Gasteiger partial charge in [0.25, 0.3) is 0 Å². The number of aromatic nitrogens is 1. The zero-order valence-corrected chi connectivity index (χ0v) is 19.7. The molecule has 3 heterocycles. The fourth-order valence-corrected chi connectivity index (χ4v) is 5.11. The highest BCUT2D eigenvalue weighted by atomic mass is 32.1. The number of nitrogens with one attached hydrogen (secondary N) is 2. The average molecular weight is 478 g/mol. The van der Waals surface area contributed by atoms with E-state index in [1.165, 1.54) is 34.5 Å². The molecule has 3 rings (SSSR count). The van der Waals surface area contributed by atoms with E-state index in [9.17, 15) is 14.4 Å². The van der Waals surface area contributed by atoms with Gasteiger partial charge in [0.05, 0.1) is 22.0 Å². The number of Topliss-reactive ketones (excluding diaryl/α,β-unsaturated/α-hetero) is 1. The van der Waals surface area contributed by atoms with Gasteiger partial charge in [-0.2, -0.15) is 0 Å². The SMILES string of the molecule is CC(=O)NCc1ccc(C(=O)COC(=O)CCCNc2nc(-c3ccc(C)s3)cs2)s1. The fraction of sp³-hybridized carbons (Fsp3) is 0.333.